The second kappa shape index (κ2) is 5.28. The lowest BCUT2D eigenvalue weighted by Gasteiger charge is -2.29. The molecule has 0 aromatic carbocycles. The van der Waals surface area contributed by atoms with E-state index >= 15 is 0 Å². The van der Waals surface area contributed by atoms with E-state index < -0.39 is 0 Å². The minimum atomic E-state index is 0.406. The molecule has 0 saturated heterocycles. The molecule has 16 heavy (non-hydrogen) atoms. The second-order valence-corrected chi connectivity index (χ2v) is 6.20. The number of rotatable bonds is 3. The monoisotopic (exact) mass is 238 g/mol. The van der Waals surface area contributed by atoms with Crippen molar-refractivity contribution in [2.45, 2.75) is 58.5 Å². The Hall–Kier alpha value is -0.410. The predicted molar refractivity (Wildman–Crippen MR) is 69.8 cm³/mol. The van der Waals surface area contributed by atoms with E-state index in [1.807, 2.05) is 0 Å². The molecule has 90 valence electrons. The number of thiazole rings is 1. The Balaban J connectivity index is 1.85. The Morgan fingerprint density at radius 2 is 2.06 bits per heavy atom. The van der Waals surface area contributed by atoms with Crippen molar-refractivity contribution in [2.24, 2.45) is 5.92 Å². The first-order chi connectivity index (χ1) is 7.65. The smallest absolute Gasteiger partial charge is 0.0898 e. The third kappa shape index (κ3) is 3.05. The van der Waals surface area contributed by atoms with Gasteiger partial charge in [-0.2, -0.15) is 0 Å². The highest BCUT2D eigenvalue weighted by atomic mass is 32.1. The fraction of sp³-hybridized carbons (Fsp3) is 0.769. The zero-order valence-electron chi connectivity index (χ0n) is 10.5. The van der Waals surface area contributed by atoms with Gasteiger partial charge in [0.2, 0.25) is 0 Å². The van der Waals surface area contributed by atoms with Crippen LogP contribution >= 0.6 is 11.3 Å². The zero-order chi connectivity index (χ0) is 11.5. The summed E-state index contributed by atoms with van der Waals surface area (Å²) in [5.74, 6) is 0.926. The van der Waals surface area contributed by atoms with Crippen LogP contribution in [0.15, 0.2) is 5.38 Å². The van der Waals surface area contributed by atoms with Gasteiger partial charge in [-0.05, 0) is 45.4 Å². The van der Waals surface area contributed by atoms with Crippen molar-refractivity contribution in [1.29, 1.82) is 0 Å². The van der Waals surface area contributed by atoms with Crippen molar-refractivity contribution in [3.8, 4) is 0 Å². The summed E-state index contributed by atoms with van der Waals surface area (Å²) in [7, 11) is 0. The third-order valence-corrected chi connectivity index (χ3v) is 4.37. The number of aromatic nitrogens is 1. The van der Waals surface area contributed by atoms with Crippen LogP contribution < -0.4 is 5.32 Å². The molecule has 1 aliphatic rings. The van der Waals surface area contributed by atoms with Gasteiger partial charge >= 0.3 is 0 Å². The lowest BCUT2D eigenvalue weighted by molar-refractivity contribution is 0.290. The molecule has 0 radical (unpaired) electrons. The highest BCUT2D eigenvalue weighted by Gasteiger charge is 2.20. The lowest BCUT2D eigenvalue weighted by atomic mass is 9.87. The summed E-state index contributed by atoms with van der Waals surface area (Å²) < 4.78 is 0. The van der Waals surface area contributed by atoms with Crippen LogP contribution in [0.5, 0.6) is 0 Å². The summed E-state index contributed by atoms with van der Waals surface area (Å²) >= 11 is 1.74. The molecular weight excluding hydrogens is 216 g/mol. The predicted octanol–water partition coefficient (Wildman–Crippen LogP) is 3.68. The van der Waals surface area contributed by atoms with E-state index in [1.165, 1.54) is 36.4 Å². The second-order valence-electron chi connectivity index (χ2n) is 5.14. The fourth-order valence-corrected chi connectivity index (χ4v) is 3.15. The van der Waals surface area contributed by atoms with Crippen molar-refractivity contribution in [3.63, 3.8) is 0 Å². The van der Waals surface area contributed by atoms with Crippen LogP contribution in [0.1, 0.15) is 56.3 Å². The van der Waals surface area contributed by atoms with E-state index in [4.69, 9.17) is 0 Å². The van der Waals surface area contributed by atoms with Crippen LogP contribution in [0.25, 0.3) is 0 Å². The summed E-state index contributed by atoms with van der Waals surface area (Å²) in [6.07, 6.45) is 5.41. The molecule has 1 atom stereocenters. The Kier molecular flexibility index (Phi) is 3.98. The molecule has 0 bridgehead atoms. The van der Waals surface area contributed by atoms with Crippen LogP contribution in [0, 0.1) is 12.8 Å². The Bertz CT molecular complexity index is 326. The number of nitrogens with one attached hydrogen (secondary N) is 1. The van der Waals surface area contributed by atoms with Crippen LogP contribution in [-0.4, -0.2) is 11.0 Å². The molecule has 2 nitrogen and oxygen atoms in total. The average Bonchev–Trinajstić information content (AvgIpc) is 2.68. The molecule has 1 aliphatic carbocycles. The van der Waals surface area contributed by atoms with Crippen LogP contribution in [0.4, 0.5) is 0 Å². The van der Waals surface area contributed by atoms with E-state index in [-0.39, 0.29) is 0 Å². The molecule has 1 unspecified atom stereocenters. The van der Waals surface area contributed by atoms with Gasteiger partial charge in [0.1, 0.15) is 0 Å². The minimum Gasteiger partial charge on any atom is -0.306 e. The van der Waals surface area contributed by atoms with Crippen LogP contribution in [0.3, 0.4) is 0 Å². The quantitative estimate of drug-likeness (QED) is 0.869. The maximum atomic E-state index is 4.55. The Morgan fingerprint density at radius 1 is 1.38 bits per heavy atom. The van der Waals surface area contributed by atoms with Gasteiger partial charge in [-0.15, -0.1) is 11.3 Å². The topological polar surface area (TPSA) is 24.9 Å². The largest absolute Gasteiger partial charge is 0.306 e. The number of nitrogens with zero attached hydrogens (tertiary/aromatic N) is 1. The van der Waals surface area contributed by atoms with E-state index in [0.29, 0.717) is 12.1 Å². The molecule has 1 aromatic heterocycles. The average molecular weight is 238 g/mol. The molecule has 3 heteroatoms. The van der Waals surface area contributed by atoms with Crippen molar-refractivity contribution < 1.29 is 0 Å². The SMILES string of the molecule is Cc1nc(C(C)NC2CCC(C)CC2)cs1. The van der Waals surface area contributed by atoms with Gasteiger partial charge in [-0.3, -0.25) is 0 Å². The van der Waals surface area contributed by atoms with E-state index in [2.05, 4.69) is 36.5 Å². The zero-order valence-corrected chi connectivity index (χ0v) is 11.3. The first-order valence-corrected chi connectivity index (χ1v) is 7.21. The molecule has 2 rings (SSSR count). The Labute approximate surface area is 102 Å². The number of aryl methyl sites for hydroxylation is 1. The van der Waals surface area contributed by atoms with Gasteiger partial charge in [-0.1, -0.05) is 6.92 Å². The highest BCUT2D eigenvalue weighted by molar-refractivity contribution is 7.09. The molecule has 0 amide bonds. The molecule has 0 spiro atoms. The van der Waals surface area contributed by atoms with Gasteiger partial charge < -0.3 is 5.32 Å². The van der Waals surface area contributed by atoms with Gasteiger partial charge in [-0.25, -0.2) is 4.98 Å². The molecule has 1 aromatic rings. The van der Waals surface area contributed by atoms with Crippen LogP contribution in [0.2, 0.25) is 0 Å². The summed E-state index contributed by atoms with van der Waals surface area (Å²) in [4.78, 5) is 4.55. The summed E-state index contributed by atoms with van der Waals surface area (Å²) in [5.41, 5.74) is 1.21. The first kappa shape index (κ1) is 12.1. The molecule has 1 saturated carbocycles. The maximum Gasteiger partial charge on any atom is 0.0898 e. The molecular formula is C13H22N2S. The lowest BCUT2D eigenvalue weighted by Crippen LogP contribution is -2.34. The minimum absolute atomic E-state index is 0.406. The van der Waals surface area contributed by atoms with Crippen molar-refractivity contribution in [1.82, 2.24) is 10.3 Å². The van der Waals surface area contributed by atoms with Gasteiger partial charge in [0.25, 0.3) is 0 Å². The van der Waals surface area contributed by atoms with E-state index in [0.717, 1.165) is 5.92 Å². The summed E-state index contributed by atoms with van der Waals surface area (Å²) in [5, 5.41) is 7.06. The maximum absolute atomic E-state index is 4.55. The van der Waals surface area contributed by atoms with Crippen molar-refractivity contribution in [3.05, 3.63) is 16.1 Å². The molecule has 0 aliphatic heterocycles. The molecule has 1 fully saturated rings. The van der Waals surface area contributed by atoms with E-state index in [9.17, 15) is 0 Å². The third-order valence-electron chi connectivity index (χ3n) is 3.58. The van der Waals surface area contributed by atoms with E-state index in [1.54, 1.807) is 11.3 Å². The highest BCUT2D eigenvalue weighted by Crippen LogP contribution is 2.25. The Morgan fingerprint density at radius 3 is 2.62 bits per heavy atom. The molecule has 1 N–H and O–H groups in total. The normalized spacial score (nSPS) is 27.9. The van der Waals surface area contributed by atoms with Crippen molar-refractivity contribution >= 4 is 11.3 Å². The first-order valence-electron chi connectivity index (χ1n) is 6.33. The van der Waals surface area contributed by atoms with Crippen LogP contribution in [-0.2, 0) is 0 Å². The summed E-state index contributed by atoms with van der Waals surface area (Å²) in [6, 6.07) is 1.11. The van der Waals surface area contributed by atoms with Crippen molar-refractivity contribution in [2.75, 3.05) is 0 Å². The standard InChI is InChI=1S/C13H22N2S/c1-9-4-6-12(7-5-9)14-10(2)13-8-16-11(3)15-13/h8-10,12,14H,4-7H2,1-3H3. The number of hydrogen-bond acceptors (Lipinski definition) is 3. The number of hydrogen-bond donors (Lipinski definition) is 1. The van der Waals surface area contributed by atoms with Gasteiger partial charge in [0, 0.05) is 17.5 Å². The van der Waals surface area contributed by atoms with Gasteiger partial charge in [0.15, 0.2) is 0 Å². The van der Waals surface area contributed by atoms with Gasteiger partial charge in [0.05, 0.1) is 10.7 Å². The fourth-order valence-electron chi connectivity index (χ4n) is 2.44. The molecule has 1 heterocycles. The summed E-state index contributed by atoms with van der Waals surface area (Å²) in [6.45, 7) is 6.67.